The lowest BCUT2D eigenvalue weighted by molar-refractivity contribution is -0.123. The van der Waals surface area contributed by atoms with Crippen molar-refractivity contribution in [1.82, 2.24) is 19.4 Å². The molecule has 9 heteroatoms. The Kier molecular flexibility index (Phi) is 6.55. The summed E-state index contributed by atoms with van der Waals surface area (Å²) in [6, 6.07) is 10.8. The molecule has 0 radical (unpaired) electrons. The second-order valence-corrected chi connectivity index (χ2v) is 9.45. The van der Waals surface area contributed by atoms with Gasteiger partial charge in [-0.15, -0.1) is 6.42 Å². The van der Waals surface area contributed by atoms with Crippen molar-refractivity contribution in [2.45, 2.75) is 51.6 Å². The number of fused-ring (bicyclic) bond motifs is 1. The number of pyridine rings is 1. The molecule has 1 atom stereocenters. The first-order valence-electron chi connectivity index (χ1n) is 12.6. The van der Waals surface area contributed by atoms with E-state index < -0.39 is 17.1 Å². The number of hydrogen-bond donors (Lipinski definition) is 2. The van der Waals surface area contributed by atoms with Gasteiger partial charge in [-0.05, 0) is 60.7 Å². The maximum absolute atomic E-state index is 13.4. The number of aromatic nitrogens is 3. The quantitative estimate of drug-likeness (QED) is 0.478. The molecule has 1 aliphatic carbocycles. The van der Waals surface area contributed by atoms with Crippen molar-refractivity contribution in [2.24, 2.45) is 4.99 Å². The van der Waals surface area contributed by atoms with E-state index in [1.807, 2.05) is 26.0 Å². The standard InChI is InChI=1S/C29H28N6O3/c1-4-9-23-22(6-3)34(28(38)35(23)25-11-7-8-14-30-25)18-26(36)31-21-13-12-19-16-29(17-20(19)15-21)27(37)32-24(33-29)10-5-2/h3-4,7-9,11-15H,5,10,16-18H2,1-2H3,(H,31,36)(H,32,33,37)/b9-4-. The molecule has 9 nitrogen and oxygen atoms in total. The number of allylic oxidation sites excluding steroid dienone is 1. The number of terminal acetylenes is 1. The summed E-state index contributed by atoms with van der Waals surface area (Å²) in [5, 5.41) is 5.79. The number of nitrogens with zero attached hydrogens (tertiary/aromatic N) is 4. The SMILES string of the molecule is C#Cc1c(/C=C\C)n(-c2ccccn2)c(=O)n1CC(=O)Nc1ccc2c(c1)CC1(C2)N=C(CCC)NC1=O. The number of imidazole rings is 1. The summed E-state index contributed by atoms with van der Waals surface area (Å²) in [6.45, 7) is 3.60. The summed E-state index contributed by atoms with van der Waals surface area (Å²) >= 11 is 0. The fraction of sp³-hybridized carbons (Fsp3) is 0.276. The van der Waals surface area contributed by atoms with Crippen molar-refractivity contribution < 1.29 is 9.59 Å². The van der Waals surface area contributed by atoms with Crippen LogP contribution in [-0.4, -0.2) is 37.3 Å². The topological polar surface area (TPSA) is 110 Å². The Hall–Kier alpha value is -4.71. The third-order valence-electron chi connectivity index (χ3n) is 6.79. The number of amides is 2. The molecule has 1 unspecified atom stereocenters. The highest BCUT2D eigenvalue weighted by atomic mass is 16.2. The van der Waals surface area contributed by atoms with Crippen LogP contribution >= 0.6 is 0 Å². The van der Waals surface area contributed by atoms with Gasteiger partial charge in [0, 0.05) is 31.1 Å². The van der Waals surface area contributed by atoms with E-state index in [4.69, 9.17) is 11.4 Å². The summed E-state index contributed by atoms with van der Waals surface area (Å²) in [5.74, 6) is 3.24. The Morgan fingerprint density at radius 2 is 2.05 bits per heavy atom. The van der Waals surface area contributed by atoms with Crippen LogP contribution in [0.15, 0.2) is 58.5 Å². The third kappa shape index (κ3) is 4.34. The normalized spacial score (nSPS) is 17.9. The van der Waals surface area contributed by atoms with Crippen LogP contribution in [0.2, 0.25) is 0 Å². The molecule has 0 saturated carbocycles. The van der Waals surface area contributed by atoms with Crippen molar-refractivity contribution in [3.63, 3.8) is 0 Å². The molecular formula is C29H28N6O3. The van der Waals surface area contributed by atoms with Crippen LogP contribution in [0.3, 0.4) is 0 Å². The second kappa shape index (κ2) is 9.98. The maximum Gasteiger partial charge on any atom is 0.335 e. The van der Waals surface area contributed by atoms with Gasteiger partial charge in [0.25, 0.3) is 5.91 Å². The lowest BCUT2D eigenvalue weighted by Crippen LogP contribution is -2.40. The molecule has 0 fully saturated rings. The molecule has 2 amide bonds. The van der Waals surface area contributed by atoms with Crippen molar-refractivity contribution in [3.05, 3.63) is 81.7 Å². The van der Waals surface area contributed by atoms with Crippen LogP contribution < -0.4 is 16.3 Å². The first kappa shape index (κ1) is 25.0. The van der Waals surface area contributed by atoms with Crippen LogP contribution in [0.25, 0.3) is 11.9 Å². The zero-order valence-corrected chi connectivity index (χ0v) is 21.3. The minimum absolute atomic E-state index is 0.0710. The Balaban J connectivity index is 1.38. The first-order chi connectivity index (χ1) is 18.4. The first-order valence-corrected chi connectivity index (χ1v) is 12.6. The van der Waals surface area contributed by atoms with Crippen LogP contribution in [0, 0.1) is 12.3 Å². The molecule has 5 rings (SSSR count). The molecule has 2 N–H and O–H groups in total. The molecule has 1 aliphatic heterocycles. The van der Waals surface area contributed by atoms with Crippen molar-refractivity contribution in [3.8, 4) is 18.2 Å². The number of rotatable bonds is 7. The minimum atomic E-state index is -0.804. The van der Waals surface area contributed by atoms with Gasteiger partial charge in [0.05, 0.1) is 5.69 Å². The lowest BCUT2D eigenvalue weighted by Gasteiger charge is -2.15. The van der Waals surface area contributed by atoms with Crippen molar-refractivity contribution in [2.75, 3.05) is 5.32 Å². The summed E-state index contributed by atoms with van der Waals surface area (Å²) < 4.78 is 2.67. The Bertz CT molecular complexity index is 1590. The highest BCUT2D eigenvalue weighted by molar-refractivity contribution is 6.09. The highest BCUT2D eigenvalue weighted by Gasteiger charge is 2.47. The highest BCUT2D eigenvalue weighted by Crippen LogP contribution is 2.37. The van der Waals surface area contributed by atoms with Crippen LogP contribution in [0.5, 0.6) is 0 Å². The zero-order valence-electron chi connectivity index (χ0n) is 21.3. The zero-order chi connectivity index (χ0) is 26.9. The average molecular weight is 509 g/mol. The summed E-state index contributed by atoms with van der Waals surface area (Å²) in [5.41, 5.74) is 2.09. The smallest absolute Gasteiger partial charge is 0.325 e. The number of hydrogen-bond acceptors (Lipinski definition) is 5. The van der Waals surface area contributed by atoms with E-state index >= 15 is 0 Å². The van der Waals surface area contributed by atoms with Crippen LogP contribution in [-0.2, 0) is 29.0 Å². The predicted molar refractivity (Wildman–Crippen MR) is 146 cm³/mol. The van der Waals surface area contributed by atoms with Gasteiger partial charge < -0.3 is 10.6 Å². The summed E-state index contributed by atoms with van der Waals surface area (Å²) in [4.78, 5) is 48.2. The number of benzene rings is 1. The van der Waals surface area contributed by atoms with E-state index in [0.29, 0.717) is 30.0 Å². The molecule has 192 valence electrons. The van der Waals surface area contributed by atoms with Crippen molar-refractivity contribution in [1.29, 1.82) is 0 Å². The molecule has 2 aliphatic rings. The minimum Gasteiger partial charge on any atom is -0.325 e. The van der Waals surface area contributed by atoms with E-state index in [9.17, 15) is 14.4 Å². The predicted octanol–water partition coefficient (Wildman–Crippen LogP) is 2.85. The fourth-order valence-corrected chi connectivity index (χ4v) is 5.14. The van der Waals surface area contributed by atoms with Crippen molar-refractivity contribution >= 4 is 29.4 Å². The lowest BCUT2D eigenvalue weighted by atomic mass is 9.97. The van der Waals surface area contributed by atoms with Gasteiger partial charge in [-0.25, -0.2) is 14.3 Å². The third-order valence-corrected chi connectivity index (χ3v) is 6.79. The van der Waals surface area contributed by atoms with E-state index in [-0.39, 0.29) is 18.1 Å². The molecule has 38 heavy (non-hydrogen) atoms. The molecule has 2 aromatic heterocycles. The van der Waals surface area contributed by atoms with Gasteiger partial charge in [-0.3, -0.25) is 19.1 Å². The molecule has 0 saturated heterocycles. The van der Waals surface area contributed by atoms with E-state index in [0.717, 1.165) is 29.8 Å². The number of amidine groups is 1. The number of carbonyl (C=O) groups excluding carboxylic acids is 2. The van der Waals surface area contributed by atoms with Gasteiger partial charge in [0.15, 0.2) is 0 Å². The molecule has 3 aromatic rings. The molecule has 3 heterocycles. The van der Waals surface area contributed by atoms with Gasteiger partial charge in [0.2, 0.25) is 5.91 Å². The largest absolute Gasteiger partial charge is 0.335 e. The summed E-state index contributed by atoms with van der Waals surface area (Å²) in [6.07, 6.45) is 13.5. The van der Waals surface area contributed by atoms with E-state index in [1.165, 1.54) is 9.13 Å². The Labute approximate surface area is 220 Å². The van der Waals surface area contributed by atoms with Crippen LogP contribution in [0.1, 0.15) is 49.2 Å². The Morgan fingerprint density at radius 1 is 1.24 bits per heavy atom. The molecule has 1 spiro atoms. The van der Waals surface area contributed by atoms with Gasteiger partial charge in [-0.2, -0.15) is 0 Å². The second-order valence-electron chi connectivity index (χ2n) is 9.45. The average Bonchev–Trinajstić information content (AvgIpc) is 3.50. The molecule has 0 bridgehead atoms. The molecular weight excluding hydrogens is 480 g/mol. The Morgan fingerprint density at radius 3 is 2.76 bits per heavy atom. The van der Waals surface area contributed by atoms with Gasteiger partial charge in [-0.1, -0.05) is 25.1 Å². The fourth-order valence-electron chi connectivity index (χ4n) is 5.14. The molecule has 1 aromatic carbocycles. The number of nitrogens with one attached hydrogen (secondary N) is 2. The number of anilines is 1. The monoisotopic (exact) mass is 508 g/mol. The number of aliphatic imine (C=N–C) groups is 1. The maximum atomic E-state index is 13.4. The van der Waals surface area contributed by atoms with E-state index in [2.05, 4.69) is 21.5 Å². The van der Waals surface area contributed by atoms with Crippen LogP contribution in [0.4, 0.5) is 5.69 Å². The van der Waals surface area contributed by atoms with E-state index in [1.54, 1.807) is 42.6 Å². The summed E-state index contributed by atoms with van der Waals surface area (Å²) in [7, 11) is 0. The number of carbonyl (C=O) groups is 2. The van der Waals surface area contributed by atoms with Gasteiger partial charge >= 0.3 is 5.69 Å². The van der Waals surface area contributed by atoms with Gasteiger partial charge in [0.1, 0.15) is 29.4 Å².